The van der Waals surface area contributed by atoms with Crippen molar-refractivity contribution in [1.82, 2.24) is 10.6 Å². The van der Waals surface area contributed by atoms with Gasteiger partial charge in [-0.2, -0.15) is 13.3 Å². The summed E-state index contributed by atoms with van der Waals surface area (Å²) in [5.41, 5.74) is 0. The maximum absolute atomic E-state index is 9.50. The Bertz CT molecular complexity index is 91.5. The number of hydrogen-bond donors (Lipinski definition) is 2. The van der Waals surface area contributed by atoms with E-state index in [-0.39, 0.29) is 46.3 Å². The molecule has 0 bridgehead atoms. The Balaban J connectivity index is -0.0000000569. The molecule has 0 rings (SSSR count). The molecule has 12 heavy (non-hydrogen) atoms. The zero-order chi connectivity index (χ0) is 8.41. The number of amides is 1. The Kier molecular flexibility index (Phi) is 42.6. The summed E-state index contributed by atoms with van der Waals surface area (Å²) in [6.45, 7) is 3.14. The van der Waals surface area contributed by atoms with Crippen LogP contribution in [0.2, 0.25) is 0 Å². The first-order chi connectivity index (χ1) is 4.72. The average Bonchev–Trinajstić information content (AvgIpc) is 1.90. The summed E-state index contributed by atoms with van der Waals surface area (Å²) in [4.78, 5) is 18.2. The Morgan fingerprint density at radius 3 is 1.75 bits per heavy atom. The quantitative estimate of drug-likeness (QED) is 0.412. The predicted molar refractivity (Wildman–Crippen MR) is 45.1 cm³/mol. The molecular weight excluding hydrogens is 233 g/mol. The minimum absolute atomic E-state index is 0. The van der Waals surface area contributed by atoms with E-state index in [4.69, 9.17) is 4.79 Å². The standard InChI is InChI=1S/C4H9N2O.C2H3O.CH3.Y/c1-4(5-2)6-3-7;1-2-3;;/h4-5H,1-2H3,(H,6,7);1H3;1H3;/q3*-1;+3. The number of carbonyl (C=O) groups excluding carboxylic acids is 2. The van der Waals surface area contributed by atoms with Crippen molar-refractivity contribution < 1.29 is 42.3 Å². The van der Waals surface area contributed by atoms with Crippen molar-refractivity contribution in [3.63, 3.8) is 0 Å². The molecule has 68 valence electrons. The van der Waals surface area contributed by atoms with Gasteiger partial charge in [0.2, 0.25) is 0 Å². The van der Waals surface area contributed by atoms with Crippen molar-refractivity contribution in [1.29, 1.82) is 0 Å². The van der Waals surface area contributed by atoms with Crippen LogP contribution in [-0.2, 0) is 42.3 Å². The van der Waals surface area contributed by atoms with Crippen molar-refractivity contribution in [2.45, 2.75) is 20.0 Å². The van der Waals surface area contributed by atoms with Crippen LogP contribution in [0.5, 0.6) is 0 Å². The minimum Gasteiger partial charge on any atom is -0.542 e. The van der Waals surface area contributed by atoms with E-state index in [0.29, 0.717) is 0 Å². The second-order valence-electron chi connectivity index (χ2n) is 1.46. The molecule has 0 aliphatic carbocycles. The van der Waals surface area contributed by atoms with Crippen LogP contribution in [0.4, 0.5) is 0 Å². The first kappa shape index (κ1) is 22.8. The van der Waals surface area contributed by atoms with E-state index in [2.05, 4.69) is 10.6 Å². The van der Waals surface area contributed by atoms with Crippen LogP contribution in [0.25, 0.3) is 0 Å². The average molecular weight is 248 g/mol. The van der Waals surface area contributed by atoms with E-state index < -0.39 is 0 Å². The van der Waals surface area contributed by atoms with Crippen molar-refractivity contribution in [3.8, 4) is 0 Å². The second kappa shape index (κ2) is 22.5. The first-order valence-corrected chi connectivity index (χ1v) is 2.81. The summed E-state index contributed by atoms with van der Waals surface area (Å²) in [5, 5.41) is 5.17. The fraction of sp³-hybridized carbons (Fsp3) is 0.571. The molecule has 1 amide bonds. The van der Waals surface area contributed by atoms with Gasteiger partial charge in [0.15, 0.2) is 0 Å². The topological polar surface area (TPSA) is 58.2 Å². The summed E-state index contributed by atoms with van der Waals surface area (Å²) in [5.74, 6) is 0. The molecule has 0 spiro atoms. The fourth-order valence-electron chi connectivity index (χ4n) is 0.161. The zero-order valence-corrected chi connectivity index (χ0v) is 10.8. The van der Waals surface area contributed by atoms with E-state index in [1.165, 1.54) is 13.2 Å². The van der Waals surface area contributed by atoms with Gasteiger partial charge in [-0.15, -0.1) is 0 Å². The second-order valence-corrected chi connectivity index (χ2v) is 1.46. The van der Waals surface area contributed by atoms with E-state index in [0.717, 1.165) is 0 Å². The van der Waals surface area contributed by atoms with Gasteiger partial charge in [0.05, 0.1) is 0 Å². The third kappa shape index (κ3) is 31.9. The van der Waals surface area contributed by atoms with E-state index in [9.17, 15) is 4.79 Å². The van der Waals surface area contributed by atoms with E-state index in [1.54, 1.807) is 13.5 Å². The van der Waals surface area contributed by atoms with Gasteiger partial charge < -0.3 is 27.6 Å². The van der Waals surface area contributed by atoms with E-state index >= 15 is 0 Å². The predicted octanol–water partition coefficient (Wildman–Crippen LogP) is -0.228. The van der Waals surface area contributed by atoms with E-state index in [1.807, 2.05) is 6.92 Å². The van der Waals surface area contributed by atoms with Crippen molar-refractivity contribution >= 4 is 12.7 Å². The third-order valence-electron chi connectivity index (χ3n) is 0.708. The van der Waals surface area contributed by atoms with Gasteiger partial charge in [0, 0.05) is 6.17 Å². The Hall–Kier alpha value is 0.204. The molecule has 0 aromatic carbocycles. The molecule has 0 radical (unpaired) electrons. The van der Waals surface area contributed by atoms with Crippen LogP contribution in [0.1, 0.15) is 13.8 Å². The molecule has 1 unspecified atom stereocenters. The van der Waals surface area contributed by atoms with Crippen molar-refractivity contribution in [2.24, 2.45) is 0 Å². The third-order valence-corrected chi connectivity index (χ3v) is 0.708. The molecule has 0 saturated carbocycles. The minimum atomic E-state index is 0. The Labute approximate surface area is 99.7 Å². The van der Waals surface area contributed by atoms with Crippen LogP contribution < -0.4 is 10.6 Å². The van der Waals surface area contributed by atoms with Gasteiger partial charge in [0.1, 0.15) is 0 Å². The molecular formula is C7H15N2O2Y. The summed E-state index contributed by atoms with van der Waals surface area (Å²) >= 11 is 0. The van der Waals surface area contributed by atoms with Crippen LogP contribution >= 0.6 is 0 Å². The molecule has 0 aromatic rings. The molecule has 0 fully saturated rings. The molecule has 4 nitrogen and oxygen atoms in total. The van der Waals surface area contributed by atoms with Gasteiger partial charge in [-0.25, -0.2) is 0 Å². The smallest absolute Gasteiger partial charge is 0.542 e. The molecule has 0 aliphatic heterocycles. The maximum Gasteiger partial charge on any atom is 3.00 e. The molecule has 0 heterocycles. The van der Waals surface area contributed by atoms with Gasteiger partial charge in [-0.3, -0.25) is 6.29 Å². The van der Waals surface area contributed by atoms with Crippen molar-refractivity contribution in [2.75, 3.05) is 7.05 Å². The Morgan fingerprint density at radius 1 is 1.33 bits per heavy atom. The first-order valence-electron chi connectivity index (χ1n) is 2.81. The number of rotatable bonds is 3. The van der Waals surface area contributed by atoms with Crippen LogP contribution in [-0.4, -0.2) is 25.9 Å². The summed E-state index contributed by atoms with van der Waals surface area (Å²) in [7, 11) is 1.76. The summed E-state index contributed by atoms with van der Waals surface area (Å²) < 4.78 is 0. The van der Waals surface area contributed by atoms with Gasteiger partial charge in [-0.05, 0) is 14.0 Å². The summed E-state index contributed by atoms with van der Waals surface area (Å²) in [6, 6.07) is 0. The number of nitrogens with one attached hydrogen (secondary N) is 2. The van der Waals surface area contributed by atoms with Crippen LogP contribution in [0.15, 0.2) is 0 Å². The largest absolute Gasteiger partial charge is 3.00 e. The van der Waals surface area contributed by atoms with Crippen LogP contribution in [0, 0.1) is 7.43 Å². The fourth-order valence-corrected chi connectivity index (χ4v) is 0.161. The maximum atomic E-state index is 9.50. The Morgan fingerprint density at radius 2 is 1.67 bits per heavy atom. The monoisotopic (exact) mass is 248 g/mol. The molecule has 0 aromatic heterocycles. The molecule has 0 saturated heterocycles. The summed E-state index contributed by atoms with van der Waals surface area (Å²) in [6.07, 6.45) is 3.08. The van der Waals surface area contributed by atoms with Gasteiger partial charge in [-0.1, -0.05) is 0 Å². The van der Waals surface area contributed by atoms with Gasteiger partial charge in [0.25, 0.3) is 0 Å². The molecule has 1 atom stereocenters. The molecule has 0 aliphatic rings. The number of hydrogen-bond acceptors (Lipinski definition) is 3. The van der Waals surface area contributed by atoms with Crippen LogP contribution in [0.3, 0.4) is 0 Å². The molecule has 5 heteroatoms. The van der Waals surface area contributed by atoms with Crippen molar-refractivity contribution in [3.05, 3.63) is 7.43 Å². The zero-order valence-electron chi connectivity index (χ0n) is 7.97. The normalized spacial score (nSPS) is 8.58. The van der Waals surface area contributed by atoms with Gasteiger partial charge >= 0.3 is 32.7 Å². The SMILES string of the molecule is CNC(C)N[C-]=O.C[C-]=O.[CH3-].[Y+3]. The molecule has 2 N–H and O–H groups in total.